The molecule has 2 heteroatoms. The predicted octanol–water partition coefficient (Wildman–Crippen LogP) is 4.05. The molecule has 0 aliphatic rings. The van der Waals surface area contributed by atoms with Crippen molar-refractivity contribution in [3.63, 3.8) is 0 Å². The number of benzene rings is 1. The third-order valence-corrected chi connectivity index (χ3v) is 3.11. The van der Waals surface area contributed by atoms with Crippen LogP contribution in [0.3, 0.4) is 0 Å². The molecule has 0 saturated heterocycles. The highest BCUT2D eigenvalue weighted by atomic mass is 16.3. The van der Waals surface area contributed by atoms with Crippen LogP contribution in [-0.2, 0) is 0 Å². The predicted molar refractivity (Wildman–Crippen MR) is 70.1 cm³/mol. The van der Waals surface area contributed by atoms with Gasteiger partial charge in [0.25, 0.3) is 0 Å². The van der Waals surface area contributed by atoms with Gasteiger partial charge in [-0.3, -0.25) is 0 Å². The number of hydrogen-bond donors (Lipinski definition) is 1. The number of aryl methyl sites for hydroxylation is 2. The van der Waals surface area contributed by atoms with Crippen LogP contribution in [0.4, 0.5) is 0 Å². The Morgan fingerprint density at radius 1 is 1.29 bits per heavy atom. The molecule has 90 valence electrons. The lowest BCUT2D eigenvalue weighted by Crippen LogP contribution is -1.98. The molecule has 0 radical (unpaired) electrons. The number of aliphatic hydroxyl groups is 1. The second-order valence-corrected chi connectivity index (χ2v) is 4.44. The van der Waals surface area contributed by atoms with Gasteiger partial charge in [-0.15, -0.1) is 0 Å². The minimum absolute atomic E-state index is 0.457. The molecule has 2 nitrogen and oxygen atoms in total. The van der Waals surface area contributed by atoms with Gasteiger partial charge in [-0.1, -0.05) is 12.2 Å². The molecule has 0 spiro atoms. The Balaban J connectivity index is 2.43. The fraction of sp³-hybridized carbons (Fsp3) is 0.333. The molecule has 17 heavy (non-hydrogen) atoms. The van der Waals surface area contributed by atoms with Crippen molar-refractivity contribution in [3.05, 3.63) is 47.2 Å². The number of hydrogen-bond acceptors (Lipinski definition) is 2. The summed E-state index contributed by atoms with van der Waals surface area (Å²) in [5, 5.41) is 11.2. The summed E-state index contributed by atoms with van der Waals surface area (Å²) in [5.74, 6) is 0. The highest BCUT2D eigenvalue weighted by Gasteiger charge is 2.12. The second kappa shape index (κ2) is 4.76. The normalized spacial score (nSPS) is 13.6. The van der Waals surface area contributed by atoms with Gasteiger partial charge in [-0.2, -0.15) is 0 Å². The average Bonchev–Trinajstić information content (AvgIpc) is 2.67. The Labute approximate surface area is 102 Å². The van der Waals surface area contributed by atoms with Crippen molar-refractivity contribution in [1.82, 2.24) is 0 Å². The van der Waals surface area contributed by atoms with E-state index in [0.29, 0.717) is 6.42 Å². The quantitative estimate of drug-likeness (QED) is 0.807. The zero-order chi connectivity index (χ0) is 12.4. The van der Waals surface area contributed by atoms with Crippen molar-refractivity contribution < 1.29 is 9.52 Å². The van der Waals surface area contributed by atoms with Gasteiger partial charge in [0.2, 0.25) is 0 Å². The first-order valence-electron chi connectivity index (χ1n) is 5.91. The first-order chi connectivity index (χ1) is 8.13. The van der Waals surface area contributed by atoms with E-state index in [1.807, 2.05) is 39.0 Å². The Hall–Kier alpha value is -1.54. The van der Waals surface area contributed by atoms with Crippen LogP contribution in [0, 0.1) is 13.8 Å². The van der Waals surface area contributed by atoms with E-state index < -0.39 is 6.10 Å². The molecule has 0 fully saturated rings. The first-order valence-corrected chi connectivity index (χ1v) is 5.91. The van der Waals surface area contributed by atoms with E-state index in [-0.39, 0.29) is 0 Å². The zero-order valence-corrected chi connectivity index (χ0v) is 10.5. The van der Waals surface area contributed by atoms with Crippen molar-refractivity contribution in [2.24, 2.45) is 0 Å². The highest BCUT2D eigenvalue weighted by Crippen LogP contribution is 2.29. The van der Waals surface area contributed by atoms with Crippen molar-refractivity contribution in [2.75, 3.05) is 0 Å². The van der Waals surface area contributed by atoms with Gasteiger partial charge in [0.15, 0.2) is 0 Å². The SMILES string of the molecule is C/C=C/C[C@@H](O)c1cc2occ(C)c2cc1C. The summed E-state index contributed by atoms with van der Waals surface area (Å²) in [6.07, 6.45) is 5.87. The number of allylic oxidation sites excluding steroid dienone is 1. The van der Waals surface area contributed by atoms with Gasteiger partial charge in [0.05, 0.1) is 12.4 Å². The van der Waals surface area contributed by atoms with Crippen molar-refractivity contribution in [1.29, 1.82) is 0 Å². The maximum Gasteiger partial charge on any atom is 0.134 e. The zero-order valence-electron chi connectivity index (χ0n) is 10.5. The Kier molecular flexibility index (Phi) is 3.34. The Bertz CT molecular complexity index is 549. The molecular formula is C15H18O2. The van der Waals surface area contributed by atoms with Gasteiger partial charge in [0, 0.05) is 5.39 Å². The molecule has 0 unspecified atom stereocenters. The van der Waals surface area contributed by atoms with Gasteiger partial charge >= 0.3 is 0 Å². The largest absolute Gasteiger partial charge is 0.464 e. The lowest BCUT2D eigenvalue weighted by Gasteiger charge is -2.11. The van der Waals surface area contributed by atoms with Crippen molar-refractivity contribution in [2.45, 2.75) is 33.3 Å². The van der Waals surface area contributed by atoms with Gasteiger partial charge in [-0.25, -0.2) is 0 Å². The van der Waals surface area contributed by atoms with Crippen LogP contribution in [0.2, 0.25) is 0 Å². The molecule has 0 aliphatic heterocycles. The first kappa shape index (κ1) is 11.9. The van der Waals surface area contributed by atoms with Crippen LogP contribution >= 0.6 is 0 Å². The summed E-state index contributed by atoms with van der Waals surface area (Å²) >= 11 is 0. The molecule has 0 aliphatic carbocycles. The van der Waals surface area contributed by atoms with Crippen LogP contribution < -0.4 is 0 Å². The summed E-state index contributed by atoms with van der Waals surface area (Å²) in [6, 6.07) is 4.04. The molecular weight excluding hydrogens is 212 g/mol. The van der Waals surface area contributed by atoms with Gasteiger partial charge in [-0.05, 0) is 56.0 Å². The second-order valence-electron chi connectivity index (χ2n) is 4.44. The molecule has 1 aromatic heterocycles. The number of furan rings is 1. The molecule has 0 amide bonds. The van der Waals surface area contributed by atoms with E-state index in [2.05, 4.69) is 6.07 Å². The highest BCUT2D eigenvalue weighted by molar-refractivity contribution is 5.82. The summed E-state index contributed by atoms with van der Waals surface area (Å²) in [6.45, 7) is 6.01. The van der Waals surface area contributed by atoms with E-state index in [9.17, 15) is 5.11 Å². The molecule has 1 N–H and O–H groups in total. The van der Waals surface area contributed by atoms with Crippen LogP contribution in [0.5, 0.6) is 0 Å². The minimum Gasteiger partial charge on any atom is -0.464 e. The van der Waals surface area contributed by atoms with Crippen LogP contribution in [-0.4, -0.2) is 5.11 Å². The van der Waals surface area contributed by atoms with Crippen LogP contribution in [0.25, 0.3) is 11.0 Å². The molecule has 0 saturated carbocycles. The minimum atomic E-state index is -0.457. The van der Waals surface area contributed by atoms with Crippen molar-refractivity contribution >= 4 is 11.0 Å². The van der Waals surface area contributed by atoms with E-state index in [1.54, 1.807) is 6.26 Å². The molecule has 0 bridgehead atoms. The molecule has 1 heterocycles. The smallest absolute Gasteiger partial charge is 0.134 e. The van der Waals surface area contributed by atoms with Crippen LogP contribution in [0.15, 0.2) is 35.0 Å². The monoisotopic (exact) mass is 230 g/mol. The summed E-state index contributed by atoms with van der Waals surface area (Å²) in [7, 11) is 0. The lowest BCUT2D eigenvalue weighted by molar-refractivity contribution is 0.181. The van der Waals surface area contributed by atoms with E-state index in [4.69, 9.17) is 4.42 Å². The van der Waals surface area contributed by atoms with E-state index >= 15 is 0 Å². The third kappa shape index (κ3) is 2.27. The van der Waals surface area contributed by atoms with E-state index in [1.165, 1.54) is 0 Å². The molecule has 2 aromatic rings. The summed E-state index contributed by atoms with van der Waals surface area (Å²) in [4.78, 5) is 0. The standard InChI is InChI=1S/C15H18O2/c1-4-5-6-14(16)12-8-15-13(7-10(12)2)11(3)9-17-15/h4-5,7-9,14,16H,6H2,1-3H3/b5-4+/t14-/m1/s1. The van der Waals surface area contributed by atoms with E-state index in [0.717, 1.165) is 27.7 Å². The molecule has 1 atom stereocenters. The summed E-state index contributed by atoms with van der Waals surface area (Å²) in [5.41, 5.74) is 4.05. The fourth-order valence-electron chi connectivity index (χ4n) is 2.08. The maximum atomic E-state index is 10.1. The summed E-state index contributed by atoms with van der Waals surface area (Å²) < 4.78 is 5.47. The third-order valence-electron chi connectivity index (χ3n) is 3.11. The molecule has 1 aromatic carbocycles. The average molecular weight is 230 g/mol. The number of aliphatic hydroxyl groups excluding tert-OH is 1. The fourth-order valence-corrected chi connectivity index (χ4v) is 2.08. The number of fused-ring (bicyclic) bond motifs is 1. The van der Waals surface area contributed by atoms with Gasteiger partial charge < -0.3 is 9.52 Å². The van der Waals surface area contributed by atoms with Gasteiger partial charge in [0.1, 0.15) is 5.58 Å². The number of rotatable bonds is 3. The Morgan fingerprint density at radius 3 is 2.76 bits per heavy atom. The maximum absolute atomic E-state index is 10.1. The van der Waals surface area contributed by atoms with Crippen LogP contribution in [0.1, 0.15) is 36.1 Å². The topological polar surface area (TPSA) is 33.4 Å². The van der Waals surface area contributed by atoms with Crippen molar-refractivity contribution in [3.8, 4) is 0 Å². The lowest BCUT2D eigenvalue weighted by atomic mass is 9.98. The Morgan fingerprint density at radius 2 is 2.06 bits per heavy atom. The molecule has 2 rings (SSSR count).